The van der Waals surface area contributed by atoms with E-state index in [2.05, 4.69) is 0 Å². The molecule has 1 saturated heterocycles. The fourth-order valence-corrected chi connectivity index (χ4v) is 1.53. The number of amides is 1. The van der Waals surface area contributed by atoms with Gasteiger partial charge in [0.15, 0.2) is 0 Å². The summed E-state index contributed by atoms with van der Waals surface area (Å²) >= 11 is 0. The highest BCUT2D eigenvalue weighted by Gasteiger charge is 2.24. The lowest BCUT2D eigenvalue weighted by Gasteiger charge is -2.23. The molecule has 0 aromatic carbocycles. The number of hydrogen-bond acceptors (Lipinski definition) is 3. The van der Waals surface area contributed by atoms with Crippen LogP contribution in [-0.4, -0.2) is 29.3 Å². The van der Waals surface area contributed by atoms with Gasteiger partial charge in [-0.25, -0.2) is 0 Å². The van der Waals surface area contributed by atoms with E-state index in [1.165, 1.54) is 0 Å². The van der Waals surface area contributed by atoms with Crippen LogP contribution in [0.3, 0.4) is 0 Å². The topological polar surface area (TPSA) is 63.4 Å². The summed E-state index contributed by atoms with van der Waals surface area (Å²) in [6.45, 7) is 2.29. The summed E-state index contributed by atoms with van der Waals surface area (Å²) in [7, 11) is 0. The molecule has 13 heavy (non-hydrogen) atoms. The smallest absolute Gasteiger partial charge is 0.223 e. The van der Waals surface area contributed by atoms with Crippen molar-refractivity contribution in [2.75, 3.05) is 6.54 Å². The minimum Gasteiger partial charge on any atom is -0.327 e. The van der Waals surface area contributed by atoms with Gasteiger partial charge in [0.2, 0.25) is 5.91 Å². The molecule has 1 atom stereocenters. The number of nitrogens with two attached hydrogens (primary N) is 1. The van der Waals surface area contributed by atoms with Crippen molar-refractivity contribution < 1.29 is 9.59 Å². The van der Waals surface area contributed by atoms with Crippen molar-refractivity contribution in [2.45, 2.75) is 38.8 Å². The second kappa shape index (κ2) is 4.37. The number of carbonyl (C=O) groups excluding carboxylic acids is 2. The molecule has 0 radical (unpaired) electrons. The molecule has 1 unspecified atom stereocenters. The summed E-state index contributed by atoms with van der Waals surface area (Å²) in [5.41, 5.74) is 5.77. The number of carbonyl (C=O) groups is 2. The summed E-state index contributed by atoms with van der Waals surface area (Å²) < 4.78 is 0. The maximum atomic E-state index is 11.2. The van der Waals surface area contributed by atoms with Gasteiger partial charge in [-0.1, -0.05) is 0 Å². The van der Waals surface area contributed by atoms with Crippen LogP contribution in [0.4, 0.5) is 0 Å². The first-order chi connectivity index (χ1) is 6.11. The molecule has 1 heterocycles. The molecule has 1 amide bonds. The Balaban J connectivity index is 2.34. The normalized spacial score (nSPS) is 19.2. The van der Waals surface area contributed by atoms with E-state index < -0.39 is 0 Å². The van der Waals surface area contributed by atoms with Crippen LogP contribution in [-0.2, 0) is 9.59 Å². The SMILES string of the molecule is CC(=O)CCC(N)N1CCCC1=O. The van der Waals surface area contributed by atoms with Crippen molar-refractivity contribution in [1.82, 2.24) is 4.90 Å². The van der Waals surface area contributed by atoms with Gasteiger partial charge in [0.05, 0.1) is 6.17 Å². The first-order valence-electron chi connectivity index (χ1n) is 4.65. The van der Waals surface area contributed by atoms with Crippen LogP contribution in [0.15, 0.2) is 0 Å². The summed E-state index contributed by atoms with van der Waals surface area (Å²) in [4.78, 5) is 23.6. The fourth-order valence-electron chi connectivity index (χ4n) is 1.53. The van der Waals surface area contributed by atoms with Gasteiger partial charge in [-0.2, -0.15) is 0 Å². The molecular formula is C9H16N2O2. The zero-order valence-corrected chi connectivity index (χ0v) is 7.95. The Morgan fingerprint density at radius 2 is 2.38 bits per heavy atom. The standard InChI is InChI=1S/C9H16N2O2/c1-7(12)4-5-8(10)11-6-2-3-9(11)13/h8H,2-6,10H2,1H3. The van der Waals surface area contributed by atoms with Gasteiger partial charge in [0, 0.05) is 19.4 Å². The van der Waals surface area contributed by atoms with Crippen LogP contribution in [0.2, 0.25) is 0 Å². The molecule has 4 heteroatoms. The van der Waals surface area contributed by atoms with E-state index in [1.807, 2.05) is 0 Å². The number of nitrogens with zero attached hydrogens (tertiary/aromatic N) is 1. The van der Waals surface area contributed by atoms with Crippen LogP contribution in [0.5, 0.6) is 0 Å². The molecule has 1 aliphatic heterocycles. The quantitative estimate of drug-likeness (QED) is 0.681. The van der Waals surface area contributed by atoms with Gasteiger partial charge >= 0.3 is 0 Å². The summed E-state index contributed by atoms with van der Waals surface area (Å²) in [5, 5.41) is 0. The summed E-state index contributed by atoms with van der Waals surface area (Å²) in [6.07, 6.45) is 2.28. The van der Waals surface area contributed by atoms with Crippen LogP contribution in [0, 0.1) is 0 Å². The van der Waals surface area contributed by atoms with Gasteiger partial charge in [0.25, 0.3) is 0 Å². The van der Waals surface area contributed by atoms with Crippen molar-refractivity contribution >= 4 is 11.7 Å². The lowest BCUT2D eigenvalue weighted by Crippen LogP contribution is -2.42. The van der Waals surface area contributed by atoms with Gasteiger partial charge < -0.3 is 15.4 Å². The van der Waals surface area contributed by atoms with Gasteiger partial charge in [-0.3, -0.25) is 4.79 Å². The second-order valence-electron chi connectivity index (χ2n) is 3.50. The highest BCUT2D eigenvalue weighted by molar-refractivity contribution is 5.78. The number of rotatable bonds is 4. The first-order valence-corrected chi connectivity index (χ1v) is 4.65. The third-order valence-electron chi connectivity index (χ3n) is 2.30. The van der Waals surface area contributed by atoms with E-state index in [0.717, 1.165) is 13.0 Å². The van der Waals surface area contributed by atoms with Crippen molar-refractivity contribution in [3.8, 4) is 0 Å². The number of hydrogen-bond donors (Lipinski definition) is 1. The minimum atomic E-state index is -0.265. The van der Waals surface area contributed by atoms with Crippen LogP contribution in [0.25, 0.3) is 0 Å². The van der Waals surface area contributed by atoms with Gasteiger partial charge in [-0.05, 0) is 19.8 Å². The Morgan fingerprint density at radius 1 is 1.69 bits per heavy atom. The zero-order valence-electron chi connectivity index (χ0n) is 7.95. The Morgan fingerprint density at radius 3 is 2.85 bits per heavy atom. The molecular weight excluding hydrogens is 168 g/mol. The van der Waals surface area contributed by atoms with Crippen LogP contribution in [0.1, 0.15) is 32.6 Å². The number of ketones is 1. The predicted octanol–water partition coefficient (Wildman–Crippen LogP) is 0.263. The molecule has 1 fully saturated rings. The molecule has 0 aromatic heterocycles. The van der Waals surface area contributed by atoms with Crippen molar-refractivity contribution in [1.29, 1.82) is 0 Å². The average molecular weight is 184 g/mol. The molecule has 0 bridgehead atoms. The van der Waals surface area contributed by atoms with Crippen molar-refractivity contribution in [3.63, 3.8) is 0 Å². The Kier molecular flexibility index (Phi) is 3.42. The molecule has 0 aliphatic carbocycles. The molecule has 0 spiro atoms. The lowest BCUT2D eigenvalue weighted by molar-refractivity contribution is -0.130. The van der Waals surface area contributed by atoms with E-state index in [4.69, 9.17) is 5.73 Å². The summed E-state index contributed by atoms with van der Waals surface area (Å²) in [5.74, 6) is 0.248. The monoisotopic (exact) mass is 184 g/mol. The molecule has 0 aromatic rings. The van der Waals surface area contributed by atoms with Crippen LogP contribution >= 0.6 is 0 Å². The molecule has 74 valence electrons. The highest BCUT2D eigenvalue weighted by Crippen LogP contribution is 2.13. The van der Waals surface area contributed by atoms with Gasteiger partial charge in [0.1, 0.15) is 5.78 Å². The lowest BCUT2D eigenvalue weighted by atomic mass is 10.2. The molecule has 2 N–H and O–H groups in total. The third kappa shape index (κ3) is 2.81. The van der Waals surface area contributed by atoms with Crippen molar-refractivity contribution in [3.05, 3.63) is 0 Å². The Labute approximate surface area is 78.1 Å². The maximum absolute atomic E-state index is 11.2. The Hall–Kier alpha value is -0.900. The van der Waals surface area contributed by atoms with E-state index in [1.54, 1.807) is 11.8 Å². The molecule has 1 rings (SSSR count). The van der Waals surface area contributed by atoms with E-state index in [9.17, 15) is 9.59 Å². The summed E-state index contributed by atoms with van der Waals surface area (Å²) in [6, 6.07) is 0. The Bertz CT molecular complexity index is 216. The van der Waals surface area contributed by atoms with E-state index in [0.29, 0.717) is 19.3 Å². The maximum Gasteiger partial charge on any atom is 0.223 e. The number of Topliss-reactive ketones (excluding diaryl/α,β-unsaturated/α-hetero) is 1. The fraction of sp³-hybridized carbons (Fsp3) is 0.778. The third-order valence-corrected chi connectivity index (χ3v) is 2.30. The molecule has 0 saturated carbocycles. The van der Waals surface area contributed by atoms with Crippen LogP contribution < -0.4 is 5.73 Å². The van der Waals surface area contributed by atoms with Gasteiger partial charge in [-0.15, -0.1) is 0 Å². The first kappa shape index (κ1) is 10.2. The van der Waals surface area contributed by atoms with E-state index in [-0.39, 0.29) is 17.9 Å². The highest BCUT2D eigenvalue weighted by atomic mass is 16.2. The molecule has 4 nitrogen and oxygen atoms in total. The van der Waals surface area contributed by atoms with E-state index >= 15 is 0 Å². The minimum absolute atomic E-state index is 0.121. The largest absolute Gasteiger partial charge is 0.327 e. The predicted molar refractivity (Wildman–Crippen MR) is 48.8 cm³/mol. The average Bonchev–Trinajstić information content (AvgIpc) is 2.47. The van der Waals surface area contributed by atoms with Crippen molar-refractivity contribution in [2.24, 2.45) is 5.73 Å². The number of likely N-dealkylation sites (tertiary alicyclic amines) is 1. The second-order valence-corrected chi connectivity index (χ2v) is 3.50. The molecule has 1 aliphatic rings. The zero-order chi connectivity index (χ0) is 9.84.